The Morgan fingerprint density at radius 1 is 1.04 bits per heavy atom. The minimum Gasteiger partial charge on any atom is -0.434 e. The zero-order valence-electron chi connectivity index (χ0n) is 12.7. The molecule has 0 unspecified atom stereocenters. The normalized spacial score (nSPS) is 10.4. The zero-order valence-corrected chi connectivity index (χ0v) is 13.6. The van der Waals surface area contributed by atoms with Crippen LogP contribution in [0.15, 0.2) is 70.8 Å². The number of aromatic nitrogens is 2. The first-order chi connectivity index (χ1) is 11.6. The van der Waals surface area contributed by atoms with Gasteiger partial charge in [-0.05, 0) is 31.2 Å². The minimum absolute atomic E-state index is 0.0720. The molecule has 6 nitrogen and oxygen atoms in total. The summed E-state index contributed by atoms with van der Waals surface area (Å²) >= 11 is 1.20. The van der Waals surface area contributed by atoms with Crippen molar-refractivity contribution in [3.05, 3.63) is 76.6 Å². The average Bonchev–Trinajstić information content (AvgIpc) is 2.58. The van der Waals surface area contributed by atoms with Gasteiger partial charge in [-0.3, -0.25) is 10.1 Å². The highest BCUT2D eigenvalue weighted by Gasteiger charge is 2.25. The first kappa shape index (κ1) is 15.9. The van der Waals surface area contributed by atoms with Crippen LogP contribution in [0.3, 0.4) is 0 Å². The van der Waals surface area contributed by atoms with E-state index < -0.39 is 4.92 Å². The quantitative estimate of drug-likeness (QED) is 0.383. The van der Waals surface area contributed by atoms with E-state index in [4.69, 9.17) is 4.74 Å². The van der Waals surface area contributed by atoms with Gasteiger partial charge in [-0.2, -0.15) is 4.98 Å². The highest BCUT2D eigenvalue weighted by atomic mass is 32.2. The minimum atomic E-state index is -0.519. The van der Waals surface area contributed by atoms with Crippen LogP contribution in [0.2, 0.25) is 0 Å². The Morgan fingerprint density at radius 3 is 2.42 bits per heavy atom. The molecule has 24 heavy (non-hydrogen) atoms. The Bertz CT molecular complexity index is 855. The third kappa shape index (κ3) is 3.69. The molecule has 0 bridgehead atoms. The van der Waals surface area contributed by atoms with E-state index in [1.165, 1.54) is 18.1 Å². The van der Waals surface area contributed by atoms with Crippen LogP contribution < -0.4 is 4.74 Å². The third-order valence-corrected chi connectivity index (χ3v) is 4.13. The van der Waals surface area contributed by atoms with Gasteiger partial charge in [-0.15, -0.1) is 0 Å². The summed E-state index contributed by atoms with van der Waals surface area (Å²) in [5, 5.41) is 11.7. The smallest absolute Gasteiger partial charge is 0.363 e. The summed E-state index contributed by atoms with van der Waals surface area (Å²) in [6.07, 6.45) is 1.27. The van der Waals surface area contributed by atoms with E-state index in [0.29, 0.717) is 5.75 Å². The standard InChI is InChI=1S/C17H13N3O3S/c1-12-7-9-13(10-8-12)23-16-15(20(21)22)17(19-11-18-16)24-14-5-3-2-4-6-14/h2-11H,1H3. The lowest BCUT2D eigenvalue weighted by Crippen LogP contribution is -2.00. The van der Waals surface area contributed by atoms with Gasteiger partial charge < -0.3 is 4.74 Å². The number of aryl methyl sites for hydroxylation is 1. The van der Waals surface area contributed by atoms with Crippen molar-refractivity contribution >= 4 is 17.4 Å². The van der Waals surface area contributed by atoms with E-state index in [1.807, 2.05) is 49.4 Å². The second kappa shape index (κ2) is 7.10. The van der Waals surface area contributed by atoms with Crippen molar-refractivity contribution in [2.24, 2.45) is 0 Å². The second-order valence-corrected chi connectivity index (χ2v) is 5.98. The highest BCUT2D eigenvalue weighted by Crippen LogP contribution is 2.38. The van der Waals surface area contributed by atoms with E-state index in [2.05, 4.69) is 9.97 Å². The SMILES string of the molecule is Cc1ccc(Oc2ncnc(Sc3ccccc3)c2[N+](=O)[O-])cc1. The van der Waals surface area contributed by atoms with Gasteiger partial charge in [0.2, 0.25) is 0 Å². The van der Waals surface area contributed by atoms with Gasteiger partial charge in [0.05, 0.1) is 4.92 Å². The summed E-state index contributed by atoms with van der Waals surface area (Å²) in [5.74, 6) is 0.412. The van der Waals surface area contributed by atoms with Crippen LogP contribution in [0.25, 0.3) is 0 Å². The topological polar surface area (TPSA) is 78.2 Å². The molecule has 0 aliphatic carbocycles. The summed E-state index contributed by atoms with van der Waals surface area (Å²) in [5.41, 5.74) is 0.826. The van der Waals surface area contributed by atoms with E-state index in [0.717, 1.165) is 10.5 Å². The van der Waals surface area contributed by atoms with Crippen molar-refractivity contribution in [3.8, 4) is 11.6 Å². The Hall–Kier alpha value is -2.93. The molecule has 0 radical (unpaired) electrons. The maximum atomic E-state index is 11.5. The summed E-state index contributed by atoms with van der Waals surface area (Å²) in [7, 11) is 0. The lowest BCUT2D eigenvalue weighted by atomic mass is 10.2. The lowest BCUT2D eigenvalue weighted by molar-refractivity contribution is -0.389. The Kier molecular flexibility index (Phi) is 4.72. The maximum absolute atomic E-state index is 11.5. The van der Waals surface area contributed by atoms with Gasteiger partial charge in [0.15, 0.2) is 5.03 Å². The molecule has 0 aliphatic rings. The van der Waals surface area contributed by atoms with Crippen molar-refractivity contribution in [1.29, 1.82) is 0 Å². The van der Waals surface area contributed by atoms with Crippen LogP contribution in [0.1, 0.15) is 5.56 Å². The van der Waals surface area contributed by atoms with Crippen LogP contribution in [0.5, 0.6) is 11.6 Å². The number of rotatable bonds is 5. The van der Waals surface area contributed by atoms with Crippen LogP contribution in [-0.4, -0.2) is 14.9 Å². The maximum Gasteiger partial charge on any atom is 0.363 e. The van der Waals surface area contributed by atoms with Crippen LogP contribution in [0, 0.1) is 17.0 Å². The number of nitrogens with zero attached hydrogens (tertiary/aromatic N) is 3. The van der Waals surface area contributed by atoms with Crippen molar-refractivity contribution in [3.63, 3.8) is 0 Å². The molecule has 0 spiro atoms. The van der Waals surface area contributed by atoms with Gasteiger partial charge in [0, 0.05) is 4.90 Å². The molecule has 3 aromatic rings. The van der Waals surface area contributed by atoms with Crippen molar-refractivity contribution in [2.45, 2.75) is 16.8 Å². The first-order valence-corrected chi connectivity index (χ1v) is 7.92. The fourth-order valence-electron chi connectivity index (χ4n) is 1.97. The van der Waals surface area contributed by atoms with E-state index in [1.54, 1.807) is 12.1 Å². The molecule has 7 heteroatoms. The fourth-order valence-corrected chi connectivity index (χ4v) is 2.85. The Labute approximate surface area is 142 Å². The van der Waals surface area contributed by atoms with Crippen LogP contribution >= 0.6 is 11.8 Å². The van der Waals surface area contributed by atoms with Gasteiger partial charge in [0.25, 0.3) is 0 Å². The Balaban J connectivity index is 1.96. The summed E-state index contributed by atoms with van der Waals surface area (Å²) < 4.78 is 5.60. The monoisotopic (exact) mass is 339 g/mol. The molecule has 0 N–H and O–H groups in total. The molecule has 0 saturated heterocycles. The number of nitro groups is 1. The van der Waals surface area contributed by atoms with Crippen molar-refractivity contribution in [2.75, 3.05) is 0 Å². The lowest BCUT2D eigenvalue weighted by Gasteiger charge is -2.07. The average molecular weight is 339 g/mol. The van der Waals surface area contributed by atoms with Gasteiger partial charge >= 0.3 is 11.6 Å². The van der Waals surface area contributed by atoms with Gasteiger partial charge in [0.1, 0.15) is 12.1 Å². The summed E-state index contributed by atoms with van der Waals surface area (Å²) in [4.78, 5) is 19.8. The number of benzene rings is 2. The fraction of sp³-hybridized carbons (Fsp3) is 0.0588. The second-order valence-electron chi connectivity index (χ2n) is 4.92. The van der Waals surface area contributed by atoms with Crippen molar-refractivity contribution in [1.82, 2.24) is 9.97 Å². The molecule has 0 aliphatic heterocycles. The number of hydrogen-bond donors (Lipinski definition) is 0. The van der Waals surface area contributed by atoms with Gasteiger partial charge in [-0.25, -0.2) is 4.98 Å². The third-order valence-electron chi connectivity index (χ3n) is 3.13. The largest absolute Gasteiger partial charge is 0.434 e. The van der Waals surface area contributed by atoms with Gasteiger partial charge in [-0.1, -0.05) is 47.7 Å². The molecule has 120 valence electrons. The Morgan fingerprint density at radius 2 is 1.75 bits per heavy atom. The number of ether oxygens (including phenoxy) is 1. The molecule has 1 aromatic heterocycles. The van der Waals surface area contributed by atoms with E-state index >= 15 is 0 Å². The summed E-state index contributed by atoms with van der Waals surface area (Å²) in [6.45, 7) is 1.95. The zero-order chi connectivity index (χ0) is 16.9. The molecule has 0 fully saturated rings. The molecule has 0 amide bonds. The van der Waals surface area contributed by atoms with Crippen molar-refractivity contribution < 1.29 is 9.66 Å². The van der Waals surface area contributed by atoms with E-state index in [-0.39, 0.29) is 16.6 Å². The molecule has 1 heterocycles. The predicted octanol–water partition coefficient (Wildman–Crippen LogP) is 4.64. The summed E-state index contributed by atoms with van der Waals surface area (Å²) in [6, 6.07) is 16.5. The molecule has 2 aromatic carbocycles. The van der Waals surface area contributed by atoms with Crippen LogP contribution in [-0.2, 0) is 0 Å². The van der Waals surface area contributed by atoms with E-state index in [9.17, 15) is 10.1 Å². The molecular weight excluding hydrogens is 326 g/mol. The number of hydrogen-bond acceptors (Lipinski definition) is 6. The molecule has 3 rings (SSSR count). The molecule has 0 saturated carbocycles. The first-order valence-electron chi connectivity index (χ1n) is 7.10. The van der Waals surface area contributed by atoms with Crippen LogP contribution in [0.4, 0.5) is 5.69 Å². The highest BCUT2D eigenvalue weighted by molar-refractivity contribution is 7.99. The molecule has 0 atom stereocenters. The molecular formula is C17H13N3O3S. The predicted molar refractivity (Wildman–Crippen MR) is 90.5 cm³/mol.